The summed E-state index contributed by atoms with van der Waals surface area (Å²) in [6, 6.07) is 10.6. The molecule has 3 heterocycles. The van der Waals surface area contributed by atoms with Gasteiger partial charge in [0, 0.05) is 44.1 Å². The number of likely N-dealkylation sites (N-methyl/N-ethyl adjacent to an activating group) is 1. The molecule has 10 nitrogen and oxygen atoms in total. The Bertz CT molecular complexity index is 1330. The van der Waals surface area contributed by atoms with Crippen molar-refractivity contribution in [3.8, 4) is 0 Å². The van der Waals surface area contributed by atoms with E-state index in [0.29, 0.717) is 36.0 Å². The Hall–Kier alpha value is -3.92. The van der Waals surface area contributed by atoms with Crippen molar-refractivity contribution in [3.05, 3.63) is 71.0 Å². The van der Waals surface area contributed by atoms with E-state index >= 15 is 0 Å². The van der Waals surface area contributed by atoms with Crippen molar-refractivity contribution < 1.29 is 14.4 Å². The van der Waals surface area contributed by atoms with Gasteiger partial charge in [0.15, 0.2) is 5.82 Å². The van der Waals surface area contributed by atoms with Gasteiger partial charge in [-0.05, 0) is 55.2 Å². The predicted octanol–water partition coefficient (Wildman–Crippen LogP) is 3.79. The third-order valence-corrected chi connectivity index (χ3v) is 6.89. The normalized spacial score (nSPS) is 17.5. The summed E-state index contributed by atoms with van der Waals surface area (Å²) in [5, 5.41) is 10.9. The summed E-state index contributed by atoms with van der Waals surface area (Å²) < 4.78 is 1.59. The Kier molecular flexibility index (Phi) is 8.31. The van der Waals surface area contributed by atoms with Gasteiger partial charge < -0.3 is 10.6 Å². The molecule has 0 aliphatic carbocycles. The summed E-state index contributed by atoms with van der Waals surface area (Å²) in [6.45, 7) is 4.60. The molecule has 200 valence electrons. The number of aryl methyl sites for hydroxylation is 1. The van der Waals surface area contributed by atoms with Crippen LogP contribution < -0.4 is 15.5 Å². The summed E-state index contributed by atoms with van der Waals surface area (Å²) in [5.74, 6) is -0.382. The third kappa shape index (κ3) is 5.65. The Morgan fingerprint density at radius 2 is 1.97 bits per heavy atom. The lowest BCUT2D eigenvalue weighted by atomic mass is 9.81. The van der Waals surface area contributed by atoms with Crippen molar-refractivity contribution in [2.45, 2.75) is 38.8 Å². The monoisotopic (exact) mass is 537 g/mol. The second kappa shape index (κ2) is 11.6. The van der Waals surface area contributed by atoms with E-state index in [0.717, 1.165) is 16.0 Å². The number of anilines is 2. The molecule has 3 aromatic rings. The van der Waals surface area contributed by atoms with Gasteiger partial charge in [-0.15, -0.1) is 0 Å². The van der Waals surface area contributed by atoms with E-state index in [1.807, 2.05) is 38.1 Å². The van der Waals surface area contributed by atoms with Gasteiger partial charge in [0.1, 0.15) is 11.9 Å². The van der Waals surface area contributed by atoms with Crippen LogP contribution in [0.3, 0.4) is 0 Å². The lowest BCUT2D eigenvalue weighted by Crippen LogP contribution is -2.70. The number of rotatable bonds is 9. The SMILES string of the molecule is CCNc1cc(C[C@H]2C(=O)N(C(=O)NC(CC)c3cccc(Cl)c3)[C@@H]2C(=O)N(C)c2ccn(C)n2)ccn1. The fraction of sp³-hybridized carbons (Fsp3) is 0.370. The number of benzene rings is 1. The fourth-order valence-corrected chi connectivity index (χ4v) is 4.84. The van der Waals surface area contributed by atoms with Gasteiger partial charge in [-0.25, -0.2) is 9.78 Å². The molecule has 1 aromatic carbocycles. The van der Waals surface area contributed by atoms with Gasteiger partial charge in [0.2, 0.25) is 5.91 Å². The molecule has 4 amide bonds. The van der Waals surface area contributed by atoms with Gasteiger partial charge in [0.05, 0.1) is 12.0 Å². The quantitative estimate of drug-likeness (QED) is 0.402. The largest absolute Gasteiger partial charge is 0.370 e. The minimum Gasteiger partial charge on any atom is -0.370 e. The van der Waals surface area contributed by atoms with Gasteiger partial charge in [0.25, 0.3) is 5.91 Å². The van der Waals surface area contributed by atoms with Gasteiger partial charge in [-0.3, -0.25) is 24.1 Å². The molecular formula is C27H32ClN7O3. The number of amides is 4. The smallest absolute Gasteiger partial charge is 0.325 e. The molecular weight excluding hydrogens is 506 g/mol. The van der Waals surface area contributed by atoms with Crippen LogP contribution in [0.1, 0.15) is 37.4 Å². The molecule has 38 heavy (non-hydrogen) atoms. The highest BCUT2D eigenvalue weighted by Gasteiger charge is 2.55. The Labute approximate surface area is 227 Å². The van der Waals surface area contributed by atoms with E-state index in [-0.39, 0.29) is 11.9 Å². The lowest BCUT2D eigenvalue weighted by molar-refractivity contribution is -0.156. The van der Waals surface area contributed by atoms with Crippen LogP contribution in [0.2, 0.25) is 5.02 Å². The Balaban J connectivity index is 1.60. The number of urea groups is 1. The van der Waals surface area contributed by atoms with Gasteiger partial charge in [-0.2, -0.15) is 5.10 Å². The van der Waals surface area contributed by atoms with Gasteiger partial charge in [-0.1, -0.05) is 30.7 Å². The zero-order valence-electron chi connectivity index (χ0n) is 21.9. The molecule has 0 radical (unpaired) electrons. The standard InChI is InChI=1S/C27H32ClN7O3/c1-5-21(18-8-7-9-19(28)16-18)31-27(38)35-24(26(37)34(4)23-11-13-33(3)32-23)20(25(35)36)14-17-10-12-30-22(15-17)29-6-2/h7-13,15-16,20-21,24H,5-6,14H2,1-4H3,(H,29,30)(H,31,38)/t20-,21?,24+/m1/s1. The Morgan fingerprint density at radius 1 is 1.18 bits per heavy atom. The molecule has 0 saturated carbocycles. The van der Waals surface area contributed by atoms with E-state index in [1.54, 1.807) is 49.4 Å². The summed E-state index contributed by atoms with van der Waals surface area (Å²) in [5.41, 5.74) is 1.66. The molecule has 2 N–H and O–H groups in total. The maximum atomic E-state index is 13.7. The first-order valence-electron chi connectivity index (χ1n) is 12.6. The second-order valence-corrected chi connectivity index (χ2v) is 9.69. The molecule has 3 atom stereocenters. The number of hydrogen-bond donors (Lipinski definition) is 2. The first-order chi connectivity index (χ1) is 18.2. The van der Waals surface area contributed by atoms with Crippen LogP contribution in [0.5, 0.6) is 0 Å². The third-order valence-electron chi connectivity index (χ3n) is 6.65. The highest BCUT2D eigenvalue weighted by molar-refractivity contribution is 6.30. The number of nitrogens with zero attached hydrogens (tertiary/aromatic N) is 5. The van der Waals surface area contributed by atoms with Crippen molar-refractivity contribution in [2.24, 2.45) is 13.0 Å². The average molecular weight is 538 g/mol. The average Bonchev–Trinajstić information content (AvgIpc) is 3.34. The van der Waals surface area contributed by atoms with Crippen LogP contribution in [-0.4, -0.2) is 57.1 Å². The lowest BCUT2D eigenvalue weighted by Gasteiger charge is -2.45. The van der Waals surface area contributed by atoms with Crippen LogP contribution in [0, 0.1) is 5.92 Å². The number of aromatic nitrogens is 3. The zero-order chi connectivity index (χ0) is 27.4. The summed E-state index contributed by atoms with van der Waals surface area (Å²) in [6.07, 6.45) is 4.26. The molecule has 1 aliphatic rings. The predicted molar refractivity (Wildman–Crippen MR) is 146 cm³/mol. The molecule has 2 aromatic heterocycles. The van der Waals surface area contributed by atoms with Crippen molar-refractivity contribution in [3.63, 3.8) is 0 Å². The van der Waals surface area contributed by atoms with E-state index in [1.165, 1.54) is 4.90 Å². The van der Waals surface area contributed by atoms with Crippen LogP contribution in [-0.2, 0) is 23.1 Å². The van der Waals surface area contributed by atoms with E-state index in [4.69, 9.17) is 11.6 Å². The minimum atomic E-state index is -0.984. The molecule has 4 rings (SSSR count). The minimum absolute atomic E-state index is 0.293. The summed E-state index contributed by atoms with van der Waals surface area (Å²) in [7, 11) is 3.35. The highest BCUT2D eigenvalue weighted by atomic mass is 35.5. The first-order valence-corrected chi connectivity index (χ1v) is 13.0. The highest BCUT2D eigenvalue weighted by Crippen LogP contribution is 2.33. The van der Waals surface area contributed by atoms with Crippen molar-refractivity contribution in [2.75, 3.05) is 23.8 Å². The molecule has 0 bridgehead atoms. The van der Waals surface area contributed by atoms with Crippen molar-refractivity contribution in [1.29, 1.82) is 0 Å². The van der Waals surface area contributed by atoms with Crippen LogP contribution in [0.4, 0.5) is 16.4 Å². The van der Waals surface area contributed by atoms with Crippen molar-refractivity contribution in [1.82, 2.24) is 25.0 Å². The van der Waals surface area contributed by atoms with Crippen LogP contribution >= 0.6 is 11.6 Å². The molecule has 1 aliphatic heterocycles. The van der Waals surface area contributed by atoms with E-state index in [2.05, 4.69) is 20.7 Å². The molecule has 1 saturated heterocycles. The van der Waals surface area contributed by atoms with Crippen molar-refractivity contribution >= 4 is 41.1 Å². The number of carbonyl (C=O) groups excluding carboxylic acids is 3. The number of halogens is 1. The number of hydrogen-bond acceptors (Lipinski definition) is 6. The zero-order valence-corrected chi connectivity index (χ0v) is 22.6. The molecule has 11 heteroatoms. The number of carbonyl (C=O) groups is 3. The molecule has 0 spiro atoms. The Morgan fingerprint density at radius 3 is 2.63 bits per heavy atom. The van der Waals surface area contributed by atoms with Crippen LogP contribution in [0.25, 0.3) is 0 Å². The molecule has 1 fully saturated rings. The first kappa shape index (κ1) is 27.1. The number of imide groups is 1. The maximum absolute atomic E-state index is 13.7. The summed E-state index contributed by atoms with van der Waals surface area (Å²) in [4.78, 5) is 47.2. The van der Waals surface area contributed by atoms with E-state index in [9.17, 15) is 14.4 Å². The number of β-lactam (4-membered cyclic amide) rings is 1. The summed E-state index contributed by atoms with van der Waals surface area (Å²) >= 11 is 6.15. The number of nitrogens with one attached hydrogen (secondary N) is 2. The number of likely N-dealkylation sites (tertiary alicyclic amines) is 1. The number of pyridine rings is 1. The maximum Gasteiger partial charge on any atom is 0.325 e. The van der Waals surface area contributed by atoms with E-state index < -0.39 is 23.9 Å². The fourth-order valence-electron chi connectivity index (χ4n) is 4.65. The molecule has 1 unspecified atom stereocenters. The second-order valence-electron chi connectivity index (χ2n) is 9.25. The topological polar surface area (TPSA) is 112 Å². The van der Waals surface area contributed by atoms with Gasteiger partial charge >= 0.3 is 6.03 Å². The van der Waals surface area contributed by atoms with Crippen LogP contribution in [0.15, 0.2) is 54.9 Å².